The molecule has 0 aromatic carbocycles. The molecule has 2 rings (SSSR count). The third kappa shape index (κ3) is 2.83. The maximum Gasteiger partial charge on any atom is 0.240 e. The number of hydrogen-bond acceptors (Lipinski definition) is 3. The number of ketones is 1. The molecule has 0 spiro atoms. The second-order valence-corrected chi connectivity index (χ2v) is 6.50. The molecule has 0 aromatic rings. The Hall–Kier alpha value is -0.900. The van der Waals surface area contributed by atoms with E-state index in [9.17, 15) is 9.59 Å². The van der Waals surface area contributed by atoms with Gasteiger partial charge in [-0.1, -0.05) is 27.7 Å². The van der Waals surface area contributed by atoms with Gasteiger partial charge >= 0.3 is 0 Å². The second-order valence-electron chi connectivity index (χ2n) is 6.50. The van der Waals surface area contributed by atoms with Crippen molar-refractivity contribution in [2.45, 2.75) is 77.5 Å². The van der Waals surface area contributed by atoms with Gasteiger partial charge < -0.3 is 10.2 Å². The van der Waals surface area contributed by atoms with Crippen molar-refractivity contribution in [3.05, 3.63) is 0 Å². The Labute approximate surface area is 115 Å². The molecule has 4 heteroatoms. The lowest BCUT2D eigenvalue weighted by molar-refractivity contribution is -0.145. The molecular weight excluding hydrogens is 240 g/mol. The van der Waals surface area contributed by atoms with Crippen molar-refractivity contribution >= 4 is 11.7 Å². The number of fused-ring (bicyclic) bond motifs is 1. The summed E-state index contributed by atoms with van der Waals surface area (Å²) >= 11 is 0. The number of nitrogens with one attached hydrogen (secondary N) is 1. The van der Waals surface area contributed by atoms with Gasteiger partial charge in [-0.25, -0.2) is 0 Å². The summed E-state index contributed by atoms with van der Waals surface area (Å²) in [6.45, 7) is 7.96. The largest absolute Gasteiger partial charge is 0.328 e. The highest BCUT2D eigenvalue weighted by Gasteiger charge is 2.45. The fourth-order valence-electron chi connectivity index (χ4n) is 3.38. The van der Waals surface area contributed by atoms with Crippen LogP contribution < -0.4 is 5.32 Å². The molecule has 19 heavy (non-hydrogen) atoms. The lowest BCUT2D eigenvalue weighted by atomic mass is 9.96. The Balaban J connectivity index is 2.12. The molecule has 0 aliphatic carbocycles. The van der Waals surface area contributed by atoms with Gasteiger partial charge in [0.25, 0.3) is 0 Å². The number of piperidine rings is 1. The molecule has 1 amide bonds. The highest BCUT2D eigenvalue weighted by Crippen LogP contribution is 2.34. The van der Waals surface area contributed by atoms with Crippen molar-refractivity contribution < 1.29 is 9.59 Å². The van der Waals surface area contributed by atoms with Gasteiger partial charge in [-0.3, -0.25) is 9.59 Å². The van der Waals surface area contributed by atoms with Crippen LogP contribution in [0.1, 0.15) is 53.4 Å². The highest BCUT2D eigenvalue weighted by molar-refractivity contribution is 5.93. The predicted octanol–water partition coefficient (Wildman–Crippen LogP) is 1.73. The van der Waals surface area contributed by atoms with Crippen LogP contribution in [0.4, 0.5) is 0 Å². The number of rotatable bonds is 4. The Morgan fingerprint density at radius 3 is 2.37 bits per heavy atom. The minimum Gasteiger partial charge on any atom is -0.328 e. The van der Waals surface area contributed by atoms with E-state index in [4.69, 9.17) is 0 Å². The van der Waals surface area contributed by atoms with E-state index in [1.165, 1.54) is 0 Å². The summed E-state index contributed by atoms with van der Waals surface area (Å²) in [7, 11) is 0. The average molecular weight is 266 g/mol. The molecule has 2 aliphatic rings. The van der Waals surface area contributed by atoms with Crippen molar-refractivity contribution in [1.29, 1.82) is 0 Å². The van der Waals surface area contributed by atoms with Gasteiger partial charge in [0.05, 0.1) is 12.1 Å². The van der Waals surface area contributed by atoms with Gasteiger partial charge in [0, 0.05) is 18.0 Å². The number of nitrogens with zero attached hydrogens (tertiary/aromatic N) is 1. The van der Waals surface area contributed by atoms with Gasteiger partial charge in [0.2, 0.25) is 5.91 Å². The Morgan fingerprint density at radius 2 is 1.79 bits per heavy atom. The van der Waals surface area contributed by atoms with Crippen LogP contribution in [-0.4, -0.2) is 40.8 Å². The van der Waals surface area contributed by atoms with Crippen molar-refractivity contribution in [1.82, 2.24) is 10.2 Å². The van der Waals surface area contributed by atoms with E-state index >= 15 is 0 Å². The molecule has 2 aliphatic heterocycles. The van der Waals surface area contributed by atoms with E-state index in [1.807, 2.05) is 18.7 Å². The zero-order valence-electron chi connectivity index (χ0n) is 12.5. The van der Waals surface area contributed by atoms with Crippen molar-refractivity contribution in [3.8, 4) is 0 Å². The Kier molecular flexibility index (Phi) is 4.29. The van der Waals surface area contributed by atoms with Gasteiger partial charge in [0.1, 0.15) is 0 Å². The van der Waals surface area contributed by atoms with E-state index in [0.29, 0.717) is 12.1 Å². The lowest BCUT2D eigenvalue weighted by Crippen LogP contribution is -2.57. The topological polar surface area (TPSA) is 49.4 Å². The molecule has 1 N–H and O–H groups in total. The first-order chi connectivity index (χ1) is 8.91. The van der Waals surface area contributed by atoms with Crippen molar-refractivity contribution in [2.24, 2.45) is 5.92 Å². The van der Waals surface area contributed by atoms with Crippen molar-refractivity contribution in [3.63, 3.8) is 0 Å². The molecule has 108 valence electrons. The van der Waals surface area contributed by atoms with Crippen LogP contribution >= 0.6 is 0 Å². The number of carbonyl (C=O) groups excluding carboxylic acids is 2. The third-order valence-electron chi connectivity index (χ3n) is 4.28. The van der Waals surface area contributed by atoms with Gasteiger partial charge in [-0.15, -0.1) is 0 Å². The van der Waals surface area contributed by atoms with Crippen LogP contribution in [0.3, 0.4) is 0 Å². The van der Waals surface area contributed by atoms with Gasteiger partial charge in [0.15, 0.2) is 5.78 Å². The number of Topliss-reactive ketones (excluding diaryl/α,β-unsaturated/α-hetero) is 1. The molecule has 2 saturated heterocycles. The zero-order chi connectivity index (χ0) is 14.2. The summed E-state index contributed by atoms with van der Waals surface area (Å²) in [5, 5.41) is 3.33. The summed E-state index contributed by atoms with van der Waals surface area (Å²) in [6.07, 6.45) is 3.77. The monoisotopic (exact) mass is 266 g/mol. The normalized spacial score (nSPS) is 31.2. The minimum absolute atomic E-state index is 0.00924. The molecule has 0 bridgehead atoms. The smallest absolute Gasteiger partial charge is 0.240 e. The summed E-state index contributed by atoms with van der Waals surface area (Å²) in [5.41, 5.74) is 0. The molecule has 2 fully saturated rings. The van der Waals surface area contributed by atoms with Gasteiger partial charge in [-0.2, -0.15) is 0 Å². The van der Waals surface area contributed by atoms with Crippen molar-refractivity contribution in [2.75, 3.05) is 0 Å². The van der Waals surface area contributed by atoms with E-state index in [2.05, 4.69) is 19.2 Å². The second kappa shape index (κ2) is 5.61. The van der Waals surface area contributed by atoms with E-state index in [1.54, 1.807) is 0 Å². The summed E-state index contributed by atoms with van der Waals surface area (Å²) in [6, 6.07) is 0.323. The number of amides is 1. The Morgan fingerprint density at radius 1 is 1.16 bits per heavy atom. The summed E-state index contributed by atoms with van der Waals surface area (Å²) in [5.74, 6) is 0.373. The van der Waals surface area contributed by atoms with E-state index in [0.717, 1.165) is 25.7 Å². The fraction of sp³-hybridized carbons (Fsp3) is 0.867. The third-order valence-corrected chi connectivity index (χ3v) is 4.28. The standard InChI is InChI=1S/C15H26N2O2/c1-9(2)14(18)13-8-6-11-5-7-12(16-10(3)4)15(19)17(11)13/h9-13,16H,5-8H2,1-4H3/t11?,12-,13?/m0/s1. The maximum atomic E-state index is 12.6. The first-order valence-corrected chi connectivity index (χ1v) is 7.53. The van der Waals surface area contributed by atoms with Crippen LogP contribution in [0.15, 0.2) is 0 Å². The molecule has 2 heterocycles. The molecule has 4 nitrogen and oxygen atoms in total. The quantitative estimate of drug-likeness (QED) is 0.843. The fourth-order valence-corrected chi connectivity index (χ4v) is 3.38. The zero-order valence-corrected chi connectivity index (χ0v) is 12.5. The van der Waals surface area contributed by atoms with Gasteiger partial charge in [-0.05, 0) is 25.7 Å². The first-order valence-electron chi connectivity index (χ1n) is 7.53. The highest BCUT2D eigenvalue weighted by atomic mass is 16.2. The molecule has 0 aromatic heterocycles. The van der Waals surface area contributed by atoms with Crippen LogP contribution in [0.25, 0.3) is 0 Å². The molecular formula is C15H26N2O2. The lowest BCUT2D eigenvalue weighted by Gasteiger charge is -2.39. The maximum absolute atomic E-state index is 12.6. The molecule has 0 saturated carbocycles. The molecule has 3 atom stereocenters. The van der Waals surface area contributed by atoms with Crippen LogP contribution in [0.5, 0.6) is 0 Å². The summed E-state index contributed by atoms with van der Waals surface area (Å²) in [4.78, 5) is 26.7. The van der Waals surface area contributed by atoms with Crippen LogP contribution in [-0.2, 0) is 9.59 Å². The Bertz CT molecular complexity index is 365. The molecule has 0 radical (unpaired) electrons. The first kappa shape index (κ1) is 14.5. The number of carbonyl (C=O) groups is 2. The molecule has 2 unspecified atom stereocenters. The van der Waals surface area contributed by atoms with Crippen LogP contribution in [0, 0.1) is 5.92 Å². The SMILES string of the molecule is CC(C)N[C@H]1CCC2CCC(C(=O)C(C)C)N2C1=O. The average Bonchev–Trinajstić information content (AvgIpc) is 2.75. The van der Waals surface area contributed by atoms with Crippen LogP contribution in [0.2, 0.25) is 0 Å². The minimum atomic E-state index is -0.172. The predicted molar refractivity (Wildman–Crippen MR) is 74.8 cm³/mol. The van der Waals surface area contributed by atoms with E-state index in [-0.39, 0.29) is 29.7 Å². The summed E-state index contributed by atoms with van der Waals surface area (Å²) < 4.78 is 0. The van der Waals surface area contributed by atoms with E-state index < -0.39 is 0 Å². The number of hydrogen-bond donors (Lipinski definition) is 1.